The van der Waals surface area contributed by atoms with Crippen LogP contribution in [0.15, 0.2) is 0 Å². The molecule has 35 heavy (non-hydrogen) atoms. The fourth-order valence-electron chi connectivity index (χ4n) is 3.68. The smallest absolute Gasteiger partial charge is 0.464 e. The van der Waals surface area contributed by atoms with Crippen LogP contribution in [0.2, 0.25) is 0 Å². The molecule has 0 aliphatic carbocycles. The highest BCUT2D eigenvalue weighted by Crippen LogP contribution is 2.53. The predicted molar refractivity (Wildman–Crippen MR) is 121 cm³/mol. The number of alkyl halides is 3. The van der Waals surface area contributed by atoms with Crippen molar-refractivity contribution in [3.05, 3.63) is 0 Å². The average molecular weight is 532 g/mol. The van der Waals surface area contributed by atoms with E-state index in [0.717, 1.165) is 13.5 Å². The Morgan fingerprint density at radius 1 is 1.17 bits per heavy atom. The van der Waals surface area contributed by atoms with E-state index < -0.39 is 49.5 Å². The van der Waals surface area contributed by atoms with Gasteiger partial charge in [0.05, 0.1) is 6.61 Å². The molecule has 1 aliphatic rings. The number of halogens is 3. The van der Waals surface area contributed by atoms with Gasteiger partial charge in [0.1, 0.15) is 17.9 Å². The summed E-state index contributed by atoms with van der Waals surface area (Å²) in [6, 6.07) is -0.810. The maximum Gasteiger partial charge on any atom is 0.471 e. The third-order valence-electron chi connectivity index (χ3n) is 5.59. The lowest BCUT2D eigenvalue weighted by Gasteiger charge is -2.31. The first-order chi connectivity index (χ1) is 16.4. The van der Waals surface area contributed by atoms with Crippen LogP contribution in [0.25, 0.3) is 0 Å². The molecule has 0 aromatic heterocycles. The molecule has 2 amide bonds. The Morgan fingerprint density at radius 3 is 2.43 bits per heavy atom. The molecular formula is C21H37F3N3O7P. The van der Waals surface area contributed by atoms with Gasteiger partial charge in [0.25, 0.3) is 5.91 Å². The Bertz CT molecular complexity index is 754. The largest absolute Gasteiger partial charge is 0.471 e. The molecule has 1 saturated heterocycles. The number of nitrogens with one attached hydrogen (secondary N) is 1. The minimum absolute atomic E-state index is 0.0272. The fourth-order valence-corrected chi connectivity index (χ4v) is 5.24. The van der Waals surface area contributed by atoms with E-state index in [4.69, 9.17) is 19.5 Å². The zero-order valence-corrected chi connectivity index (χ0v) is 21.4. The number of likely N-dealkylation sites (tertiary alicyclic amines) is 1. The van der Waals surface area contributed by atoms with Crippen LogP contribution in [0.1, 0.15) is 65.2 Å². The summed E-state index contributed by atoms with van der Waals surface area (Å²) >= 11 is 0. The zero-order chi connectivity index (χ0) is 26.6. The molecule has 1 rings (SSSR count). The van der Waals surface area contributed by atoms with Gasteiger partial charge in [-0.05, 0) is 45.4 Å². The van der Waals surface area contributed by atoms with E-state index in [1.54, 1.807) is 12.2 Å². The summed E-state index contributed by atoms with van der Waals surface area (Å²) in [5.41, 5.74) is 6.05. The minimum Gasteiger partial charge on any atom is -0.464 e. The van der Waals surface area contributed by atoms with E-state index >= 15 is 0 Å². The highest BCUT2D eigenvalue weighted by molar-refractivity contribution is 7.54. The number of hydrogen-bond acceptors (Lipinski definition) is 8. The van der Waals surface area contributed by atoms with Crippen molar-refractivity contribution in [1.82, 2.24) is 10.2 Å². The number of amides is 2. The molecule has 3 N–H and O–H groups in total. The monoisotopic (exact) mass is 531 g/mol. The maximum atomic E-state index is 13.4. The average Bonchev–Trinajstić information content (AvgIpc) is 3.30. The van der Waals surface area contributed by atoms with Crippen molar-refractivity contribution in [2.75, 3.05) is 26.8 Å². The molecule has 4 atom stereocenters. The summed E-state index contributed by atoms with van der Waals surface area (Å²) in [5, 5.41) is 1.76. The maximum absolute atomic E-state index is 13.4. The standard InChI is InChI=1S/C21H37F3N3O7P/c1-4-6-12-17(25)35(31,32-3)34-16(11-7-8-13-26-20(30)21(22,23)24)18(28)27-14-9-10-15(27)19(29)33-5-2/h15-17H,4-14,25H2,1-3H3,(H,26,30)/t15-,16-,17?,35?/m0/s1. The topological polar surface area (TPSA) is 137 Å². The lowest BCUT2D eigenvalue weighted by molar-refractivity contribution is -0.173. The molecular weight excluding hydrogens is 494 g/mol. The van der Waals surface area contributed by atoms with E-state index in [1.165, 1.54) is 4.90 Å². The summed E-state index contributed by atoms with van der Waals surface area (Å²) in [4.78, 5) is 37.9. The summed E-state index contributed by atoms with van der Waals surface area (Å²) in [5.74, 6) is -4.18. The highest BCUT2D eigenvalue weighted by atomic mass is 31.2. The minimum atomic E-state index is -4.99. The third-order valence-corrected chi connectivity index (χ3v) is 7.72. The van der Waals surface area contributed by atoms with E-state index in [-0.39, 0.29) is 39.0 Å². The van der Waals surface area contributed by atoms with Crippen molar-refractivity contribution in [1.29, 1.82) is 0 Å². The number of hydrogen-bond donors (Lipinski definition) is 2. The molecule has 1 aliphatic heterocycles. The van der Waals surface area contributed by atoms with Gasteiger partial charge in [-0.25, -0.2) is 4.79 Å². The number of carbonyl (C=O) groups excluding carboxylic acids is 3. The number of nitrogens with two attached hydrogens (primary N) is 1. The second-order valence-corrected chi connectivity index (χ2v) is 10.5. The Balaban J connectivity index is 2.95. The van der Waals surface area contributed by atoms with Gasteiger partial charge in [-0.15, -0.1) is 0 Å². The summed E-state index contributed by atoms with van der Waals surface area (Å²) < 4.78 is 66.2. The number of esters is 1. The SMILES string of the molecule is CCCCC(N)P(=O)(OC)O[C@@H](CCCCNC(=O)C(F)(F)F)C(=O)N1CCC[C@H]1C(=O)OCC. The first kappa shape index (κ1) is 31.3. The summed E-state index contributed by atoms with van der Waals surface area (Å²) in [6.07, 6.45) is -3.30. The predicted octanol–water partition coefficient (Wildman–Crippen LogP) is 3.09. The Hall–Kier alpha value is -1.69. The van der Waals surface area contributed by atoms with Crippen LogP contribution < -0.4 is 11.1 Å². The quantitative estimate of drug-likeness (QED) is 0.187. The summed E-state index contributed by atoms with van der Waals surface area (Å²) in [7, 11) is -2.76. The molecule has 0 aromatic carbocycles. The fraction of sp³-hybridized carbons (Fsp3) is 0.857. The number of unbranched alkanes of at least 4 members (excludes halogenated alkanes) is 2. The molecule has 204 valence electrons. The Kier molecular flexibility index (Phi) is 13.2. The molecule has 0 aromatic rings. The second-order valence-electron chi connectivity index (χ2n) is 8.22. The van der Waals surface area contributed by atoms with Gasteiger partial charge in [-0.2, -0.15) is 13.2 Å². The first-order valence-corrected chi connectivity index (χ1v) is 13.4. The molecule has 0 bridgehead atoms. The van der Waals surface area contributed by atoms with Crippen molar-refractivity contribution in [2.45, 2.75) is 89.3 Å². The van der Waals surface area contributed by atoms with Crippen molar-refractivity contribution in [3.8, 4) is 0 Å². The van der Waals surface area contributed by atoms with Gasteiger partial charge >= 0.3 is 25.6 Å². The number of ether oxygens (including phenoxy) is 1. The lowest BCUT2D eigenvalue weighted by Crippen LogP contribution is -2.47. The van der Waals surface area contributed by atoms with E-state index in [1.807, 2.05) is 6.92 Å². The van der Waals surface area contributed by atoms with E-state index in [2.05, 4.69) is 0 Å². The molecule has 0 spiro atoms. The van der Waals surface area contributed by atoms with E-state index in [0.29, 0.717) is 25.7 Å². The van der Waals surface area contributed by atoms with Crippen molar-refractivity contribution in [3.63, 3.8) is 0 Å². The van der Waals surface area contributed by atoms with Crippen LogP contribution in [0.5, 0.6) is 0 Å². The van der Waals surface area contributed by atoms with Crippen molar-refractivity contribution in [2.24, 2.45) is 5.73 Å². The Morgan fingerprint density at radius 2 is 1.86 bits per heavy atom. The molecule has 0 saturated carbocycles. The lowest BCUT2D eigenvalue weighted by atomic mass is 10.1. The van der Waals surface area contributed by atoms with Gasteiger partial charge in [0.2, 0.25) is 0 Å². The second kappa shape index (κ2) is 14.8. The van der Waals surface area contributed by atoms with Gasteiger partial charge in [0, 0.05) is 20.2 Å². The normalized spacial score (nSPS) is 19.6. The van der Waals surface area contributed by atoms with Crippen LogP contribution in [0.3, 0.4) is 0 Å². The zero-order valence-electron chi connectivity index (χ0n) is 20.5. The third kappa shape index (κ3) is 9.70. The molecule has 14 heteroatoms. The van der Waals surface area contributed by atoms with Crippen LogP contribution >= 0.6 is 7.60 Å². The molecule has 1 heterocycles. The van der Waals surface area contributed by atoms with Gasteiger partial charge in [-0.1, -0.05) is 19.8 Å². The first-order valence-electron chi connectivity index (χ1n) is 11.8. The molecule has 0 radical (unpaired) electrons. The number of nitrogens with zero attached hydrogens (tertiary/aromatic N) is 1. The number of rotatable bonds is 15. The highest BCUT2D eigenvalue weighted by Gasteiger charge is 2.43. The van der Waals surface area contributed by atoms with Gasteiger partial charge in [-0.3, -0.25) is 18.7 Å². The van der Waals surface area contributed by atoms with E-state index in [9.17, 15) is 32.1 Å². The van der Waals surface area contributed by atoms with Gasteiger partial charge < -0.3 is 25.2 Å². The molecule has 1 fully saturated rings. The van der Waals surface area contributed by atoms with Crippen LogP contribution in [0.4, 0.5) is 13.2 Å². The van der Waals surface area contributed by atoms with Gasteiger partial charge in [0.15, 0.2) is 0 Å². The molecule has 10 nitrogen and oxygen atoms in total. The number of carbonyl (C=O) groups is 3. The molecule has 2 unspecified atom stereocenters. The Labute approximate surface area is 203 Å². The van der Waals surface area contributed by atoms with Crippen LogP contribution in [-0.4, -0.2) is 73.6 Å². The van der Waals surface area contributed by atoms with Crippen molar-refractivity contribution < 1.29 is 45.9 Å². The van der Waals surface area contributed by atoms with Crippen molar-refractivity contribution >= 4 is 25.4 Å². The van der Waals surface area contributed by atoms with Crippen LogP contribution in [-0.2, 0) is 32.7 Å². The summed E-state index contributed by atoms with van der Waals surface area (Å²) in [6.45, 7) is 3.72. The van der Waals surface area contributed by atoms with Crippen LogP contribution in [0, 0.1) is 0 Å².